The largest absolute Gasteiger partial charge is 0.497 e. The van der Waals surface area contributed by atoms with Crippen molar-refractivity contribution in [3.05, 3.63) is 52.5 Å². The Labute approximate surface area is 123 Å². The van der Waals surface area contributed by atoms with Crippen LogP contribution in [0.25, 0.3) is 0 Å². The highest BCUT2D eigenvalue weighted by atomic mass is 79.9. The number of aromatic carboxylic acids is 1. The van der Waals surface area contributed by atoms with Crippen LogP contribution in [0.2, 0.25) is 0 Å². The van der Waals surface area contributed by atoms with Gasteiger partial charge < -0.3 is 9.84 Å². The average Bonchev–Trinajstić information content (AvgIpc) is 2.41. The molecule has 2 aromatic rings. The van der Waals surface area contributed by atoms with Crippen LogP contribution in [-0.2, 0) is 0 Å². The van der Waals surface area contributed by atoms with Crippen molar-refractivity contribution in [3.8, 4) is 5.75 Å². The van der Waals surface area contributed by atoms with Crippen molar-refractivity contribution < 1.29 is 14.6 Å². The highest BCUT2D eigenvalue weighted by molar-refractivity contribution is 9.10. The summed E-state index contributed by atoms with van der Waals surface area (Å²) in [6.07, 6.45) is 0. The molecule has 3 nitrogen and oxygen atoms in total. The topological polar surface area (TPSA) is 46.5 Å². The van der Waals surface area contributed by atoms with Gasteiger partial charge in [-0.1, -0.05) is 11.8 Å². The van der Waals surface area contributed by atoms with Gasteiger partial charge in [0.1, 0.15) is 5.75 Å². The number of methoxy groups -OCH3 is 1. The summed E-state index contributed by atoms with van der Waals surface area (Å²) in [6.45, 7) is 0. The Morgan fingerprint density at radius 2 is 1.79 bits per heavy atom. The van der Waals surface area contributed by atoms with Gasteiger partial charge in [0.15, 0.2) is 0 Å². The minimum Gasteiger partial charge on any atom is -0.497 e. The Bertz CT molecular complexity index is 596. The van der Waals surface area contributed by atoms with Crippen LogP contribution in [0.4, 0.5) is 0 Å². The first-order valence-electron chi connectivity index (χ1n) is 5.45. The number of hydrogen-bond acceptors (Lipinski definition) is 3. The van der Waals surface area contributed by atoms with Crippen molar-refractivity contribution in [2.45, 2.75) is 9.79 Å². The van der Waals surface area contributed by atoms with E-state index in [0.29, 0.717) is 4.47 Å². The molecule has 0 aliphatic carbocycles. The Hall–Kier alpha value is -1.46. The molecule has 0 saturated heterocycles. The normalized spacial score (nSPS) is 10.2. The second-order valence-electron chi connectivity index (χ2n) is 3.72. The Morgan fingerprint density at radius 3 is 2.37 bits per heavy atom. The monoisotopic (exact) mass is 338 g/mol. The molecule has 0 radical (unpaired) electrons. The fraction of sp³-hybridized carbons (Fsp3) is 0.0714. The summed E-state index contributed by atoms with van der Waals surface area (Å²) in [6, 6.07) is 12.9. The molecule has 0 fully saturated rings. The van der Waals surface area contributed by atoms with Crippen LogP contribution in [0.15, 0.2) is 56.7 Å². The number of benzene rings is 2. The van der Waals surface area contributed by atoms with Gasteiger partial charge in [0.25, 0.3) is 0 Å². The third kappa shape index (κ3) is 3.52. The summed E-state index contributed by atoms with van der Waals surface area (Å²) < 4.78 is 5.67. The van der Waals surface area contributed by atoms with Crippen LogP contribution in [0.3, 0.4) is 0 Å². The minimum atomic E-state index is -0.941. The third-order valence-electron chi connectivity index (χ3n) is 2.46. The lowest BCUT2D eigenvalue weighted by Gasteiger charge is -2.05. The number of carboxylic acid groups (broad SMARTS) is 1. The number of rotatable bonds is 4. The molecule has 0 spiro atoms. The lowest BCUT2D eigenvalue weighted by Crippen LogP contribution is -1.97. The molecule has 0 heterocycles. The van der Waals surface area contributed by atoms with E-state index in [-0.39, 0.29) is 5.56 Å². The summed E-state index contributed by atoms with van der Waals surface area (Å²) in [5.41, 5.74) is 0.263. The van der Waals surface area contributed by atoms with Crippen LogP contribution in [0.5, 0.6) is 5.75 Å². The van der Waals surface area contributed by atoms with E-state index >= 15 is 0 Å². The molecule has 2 rings (SSSR count). The zero-order valence-corrected chi connectivity index (χ0v) is 12.5. The van der Waals surface area contributed by atoms with E-state index in [9.17, 15) is 4.79 Å². The van der Waals surface area contributed by atoms with E-state index in [1.54, 1.807) is 19.2 Å². The van der Waals surface area contributed by atoms with E-state index in [0.717, 1.165) is 15.5 Å². The summed E-state index contributed by atoms with van der Waals surface area (Å²) in [5, 5.41) is 9.07. The summed E-state index contributed by atoms with van der Waals surface area (Å²) in [7, 11) is 1.62. The van der Waals surface area contributed by atoms with Crippen molar-refractivity contribution in [3.63, 3.8) is 0 Å². The van der Waals surface area contributed by atoms with Crippen molar-refractivity contribution in [1.29, 1.82) is 0 Å². The molecule has 0 amide bonds. The number of ether oxygens (including phenoxy) is 1. The van der Waals surface area contributed by atoms with Gasteiger partial charge in [-0.25, -0.2) is 4.79 Å². The quantitative estimate of drug-likeness (QED) is 0.902. The first kappa shape index (κ1) is 14.0. The van der Waals surface area contributed by atoms with Crippen molar-refractivity contribution in [2.75, 3.05) is 7.11 Å². The third-order valence-corrected chi connectivity index (χ3v) is 4.15. The highest BCUT2D eigenvalue weighted by Crippen LogP contribution is 2.31. The second-order valence-corrected chi connectivity index (χ2v) is 5.73. The van der Waals surface area contributed by atoms with Crippen LogP contribution in [0, 0.1) is 0 Å². The number of hydrogen-bond donors (Lipinski definition) is 1. The zero-order valence-electron chi connectivity index (χ0n) is 10.1. The molecular weight excluding hydrogens is 328 g/mol. The fourth-order valence-electron chi connectivity index (χ4n) is 1.51. The smallest absolute Gasteiger partial charge is 0.336 e. The van der Waals surface area contributed by atoms with E-state index in [1.807, 2.05) is 30.3 Å². The molecule has 0 aromatic heterocycles. The van der Waals surface area contributed by atoms with Gasteiger partial charge in [0.2, 0.25) is 0 Å². The standard InChI is InChI=1S/C14H11BrO3S/c1-18-9-2-4-10(5-3-9)19-11-6-7-13(15)12(8-11)14(16)17/h2-8H,1H3,(H,16,17). The van der Waals surface area contributed by atoms with Crippen LogP contribution in [0.1, 0.15) is 10.4 Å². The Morgan fingerprint density at radius 1 is 1.16 bits per heavy atom. The molecule has 0 aliphatic heterocycles. The first-order valence-corrected chi connectivity index (χ1v) is 7.06. The number of carboxylic acids is 1. The van der Waals surface area contributed by atoms with E-state index in [1.165, 1.54) is 11.8 Å². The zero-order chi connectivity index (χ0) is 13.8. The van der Waals surface area contributed by atoms with E-state index in [4.69, 9.17) is 9.84 Å². The maximum atomic E-state index is 11.1. The van der Waals surface area contributed by atoms with E-state index in [2.05, 4.69) is 15.9 Å². The fourth-order valence-corrected chi connectivity index (χ4v) is 2.79. The molecule has 98 valence electrons. The Kier molecular flexibility index (Phi) is 4.50. The van der Waals surface area contributed by atoms with Crippen molar-refractivity contribution >= 4 is 33.7 Å². The highest BCUT2D eigenvalue weighted by Gasteiger charge is 2.09. The van der Waals surface area contributed by atoms with Crippen LogP contribution in [-0.4, -0.2) is 18.2 Å². The first-order chi connectivity index (χ1) is 9.10. The lowest BCUT2D eigenvalue weighted by atomic mass is 10.2. The molecule has 5 heteroatoms. The average molecular weight is 339 g/mol. The van der Waals surface area contributed by atoms with Gasteiger partial charge in [0, 0.05) is 14.3 Å². The number of carbonyl (C=O) groups is 1. The van der Waals surface area contributed by atoms with Gasteiger partial charge in [-0.05, 0) is 58.4 Å². The van der Waals surface area contributed by atoms with Crippen LogP contribution < -0.4 is 4.74 Å². The molecule has 0 bridgehead atoms. The van der Waals surface area contributed by atoms with Gasteiger partial charge >= 0.3 is 5.97 Å². The summed E-state index contributed by atoms with van der Waals surface area (Å²) >= 11 is 4.74. The molecule has 0 unspecified atom stereocenters. The maximum Gasteiger partial charge on any atom is 0.336 e. The van der Waals surface area contributed by atoms with Gasteiger partial charge in [-0.2, -0.15) is 0 Å². The van der Waals surface area contributed by atoms with Gasteiger partial charge in [-0.15, -0.1) is 0 Å². The predicted molar refractivity (Wildman–Crippen MR) is 78.2 cm³/mol. The Balaban J connectivity index is 2.22. The summed E-state index contributed by atoms with van der Waals surface area (Å²) in [4.78, 5) is 13.0. The lowest BCUT2D eigenvalue weighted by molar-refractivity contribution is 0.0695. The van der Waals surface area contributed by atoms with Crippen LogP contribution >= 0.6 is 27.7 Å². The molecule has 0 aliphatic rings. The summed E-state index contributed by atoms with van der Waals surface area (Å²) in [5.74, 6) is -0.143. The maximum absolute atomic E-state index is 11.1. The minimum absolute atomic E-state index is 0.263. The molecule has 0 atom stereocenters. The van der Waals surface area contributed by atoms with Crippen molar-refractivity contribution in [1.82, 2.24) is 0 Å². The predicted octanol–water partition coefficient (Wildman–Crippen LogP) is 4.31. The number of halogens is 1. The molecule has 1 N–H and O–H groups in total. The molecule has 0 saturated carbocycles. The van der Waals surface area contributed by atoms with Crippen molar-refractivity contribution in [2.24, 2.45) is 0 Å². The van der Waals surface area contributed by atoms with E-state index < -0.39 is 5.97 Å². The van der Waals surface area contributed by atoms with Gasteiger partial charge in [-0.3, -0.25) is 0 Å². The second kappa shape index (κ2) is 6.12. The molecule has 19 heavy (non-hydrogen) atoms. The molecular formula is C14H11BrO3S. The molecule has 2 aromatic carbocycles. The SMILES string of the molecule is COc1ccc(Sc2ccc(Br)c(C(=O)O)c2)cc1. The van der Waals surface area contributed by atoms with Gasteiger partial charge in [0.05, 0.1) is 12.7 Å².